The van der Waals surface area contributed by atoms with Gasteiger partial charge in [-0.25, -0.2) is 9.18 Å². The maximum Gasteiger partial charge on any atom is 0.352 e. The highest BCUT2D eigenvalue weighted by molar-refractivity contribution is 6.30. The van der Waals surface area contributed by atoms with E-state index in [1.54, 1.807) is 36.4 Å². The van der Waals surface area contributed by atoms with E-state index in [0.29, 0.717) is 16.3 Å². The number of carbonyl (C=O) groups is 1. The van der Waals surface area contributed by atoms with Gasteiger partial charge in [0.25, 0.3) is 11.5 Å². The molecule has 0 fully saturated rings. The van der Waals surface area contributed by atoms with Crippen molar-refractivity contribution in [1.29, 1.82) is 0 Å². The number of amides is 1. The molecule has 1 N–H and O–H groups in total. The van der Waals surface area contributed by atoms with Crippen LogP contribution in [0.5, 0.6) is 0 Å². The van der Waals surface area contributed by atoms with E-state index in [9.17, 15) is 18.8 Å². The van der Waals surface area contributed by atoms with Gasteiger partial charge in [-0.15, -0.1) is 0 Å². The lowest BCUT2D eigenvalue weighted by molar-refractivity contribution is 0.0938. The van der Waals surface area contributed by atoms with Crippen LogP contribution in [0.4, 0.5) is 4.39 Å². The summed E-state index contributed by atoms with van der Waals surface area (Å²) in [5.74, 6) is -0.822. The number of rotatable bonds is 6. The van der Waals surface area contributed by atoms with Gasteiger partial charge in [0.2, 0.25) is 5.69 Å². The minimum atomic E-state index is -0.870. The molecule has 32 heavy (non-hydrogen) atoms. The van der Waals surface area contributed by atoms with Gasteiger partial charge in [-0.2, -0.15) is 9.78 Å². The molecular formula is C22H16ClFN4O4. The van der Waals surface area contributed by atoms with Crippen molar-refractivity contribution in [2.45, 2.75) is 13.1 Å². The molecule has 0 unspecified atom stereocenters. The number of nitrogens with one attached hydrogen (secondary N) is 1. The van der Waals surface area contributed by atoms with Gasteiger partial charge in [-0.1, -0.05) is 23.7 Å². The van der Waals surface area contributed by atoms with E-state index in [1.165, 1.54) is 18.4 Å². The first-order chi connectivity index (χ1) is 15.4. The van der Waals surface area contributed by atoms with Gasteiger partial charge in [-0.3, -0.25) is 14.2 Å². The fraction of sp³-hybridized carbons (Fsp3) is 0.0909. The Morgan fingerprint density at radius 2 is 1.88 bits per heavy atom. The third-order valence-corrected chi connectivity index (χ3v) is 4.81. The molecule has 0 aliphatic rings. The molecule has 0 spiro atoms. The number of carbonyl (C=O) groups excluding carboxylic acids is 1. The number of benzene rings is 2. The Morgan fingerprint density at radius 1 is 1.09 bits per heavy atom. The smallest absolute Gasteiger partial charge is 0.352 e. The summed E-state index contributed by atoms with van der Waals surface area (Å²) in [7, 11) is 0. The van der Waals surface area contributed by atoms with Crippen LogP contribution < -0.4 is 16.6 Å². The maximum absolute atomic E-state index is 13.4. The summed E-state index contributed by atoms with van der Waals surface area (Å²) in [4.78, 5) is 38.8. The average Bonchev–Trinajstić information content (AvgIpc) is 3.30. The first-order valence-corrected chi connectivity index (χ1v) is 9.85. The van der Waals surface area contributed by atoms with Gasteiger partial charge in [0.1, 0.15) is 11.6 Å². The Hall–Kier alpha value is -3.98. The van der Waals surface area contributed by atoms with Crippen molar-refractivity contribution < 1.29 is 13.6 Å². The van der Waals surface area contributed by atoms with Crippen LogP contribution >= 0.6 is 11.6 Å². The Balaban J connectivity index is 1.80. The Bertz CT molecular complexity index is 1380. The normalized spacial score (nSPS) is 10.8. The molecule has 0 saturated carbocycles. The highest BCUT2D eigenvalue weighted by Gasteiger charge is 2.21. The molecule has 4 aromatic rings. The zero-order valence-corrected chi connectivity index (χ0v) is 17.3. The zero-order chi connectivity index (χ0) is 22.7. The number of halogens is 2. The van der Waals surface area contributed by atoms with Crippen LogP contribution in [0.15, 0.2) is 80.9 Å². The maximum atomic E-state index is 13.4. The molecule has 4 rings (SSSR count). The molecule has 0 radical (unpaired) electrons. The minimum absolute atomic E-state index is 0.0247. The second-order valence-electron chi connectivity index (χ2n) is 6.80. The molecule has 0 atom stereocenters. The topological polar surface area (TPSA) is 99.1 Å². The standard InChI is InChI=1S/C22H16ClFN4O4/c23-15-4-1-3-14(11-15)13-27-21(30)19(20(29)25-12-18-5-2-10-32-18)26-28(22(27)31)17-8-6-16(24)7-9-17/h1-11H,12-13H2,(H,25,29). The molecule has 2 aromatic carbocycles. The molecule has 0 saturated heterocycles. The van der Waals surface area contributed by atoms with Crippen LogP contribution in [-0.2, 0) is 13.1 Å². The summed E-state index contributed by atoms with van der Waals surface area (Å²) in [6.07, 6.45) is 1.45. The zero-order valence-electron chi connectivity index (χ0n) is 16.5. The van der Waals surface area contributed by atoms with Crippen molar-refractivity contribution in [2.24, 2.45) is 0 Å². The number of hydrogen-bond acceptors (Lipinski definition) is 5. The number of nitrogens with zero attached hydrogens (tertiary/aromatic N) is 3. The average molecular weight is 455 g/mol. The van der Waals surface area contributed by atoms with Crippen LogP contribution in [0.3, 0.4) is 0 Å². The van der Waals surface area contributed by atoms with Crippen LogP contribution in [0.2, 0.25) is 5.02 Å². The summed E-state index contributed by atoms with van der Waals surface area (Å²) >= 11 is 6.01. The molecular weight excluding hydrogens is 439 g/mol. The lowest BCUT2D eigenvalue weighted by atomic mass is 10.2. The van der Waals surface area contributed by atoms with Gasteiger partial charge in [0.15, 0.2) is 0 Å². The highest BCUT2D eigenvalue weighted by Crippen LogP contribution is 2.11. The molecule has 0 bridgehead atoms. The van der Waals surface area contributed by atoms with Crippen molar-refractivity contribution in [2.75, 3.05) is 0 Å². The van der Waals surface area contributed by atoms with E-state index >= 15 is 0 Å². The van der Waals surface area contributed by atoms with Gasteiger partial charge in [0.05, 0.1) is 25.0 Å². The van der Waals surface area contributed by atoms with E-state index in [4.69, 9.17) is 16.0 Å². The van der Waals surface area contributed by atoms with E-state index in [2.05, 4.69) is 10.4 Å². The molecule has 2 heterocycles. The summed E-state index contributed by atoms with van der Waals surface area (Å²) in [5, 5.41) is 6.95. The van der Waals surface area contributed by atoms with Crippen LogP contribution in [-0.4, -0.2) is 20.3 Å². The third-order valence-electron chi connectivity index (χ3n) is 4.58. The summed E-state index contributed by atoms with van der Waals surface area (Å²) in [6, 6.07) is 14.9. The fourth-order valence-electron chi connectivity index (χ4n) is 3.03. The largest absolute Gasteiger partial charge is 0.467 e. The minimum Gasteiger partial charge on any atom is -0.467 e. The fourth-order valence-corrected chi connectivity index (χ4v) is 3.24. The molecule has 10 heteroatoms. The summed E-state index contributed by atoms with van der Waals surface area (Å²) in [6.45, 7) is -0.114. The Labute approximate surface area is 185 Å². The predicted octanol–water partition coefficient (Wildman–Crippen LogP) is 2.76. The molecule has 2 aromatic heterocycles. The van der Waals surface area contributed by atoms with Crippen LogP contribution in [0.25, 0.3) is 5.69 Å². The molecule has 162 valence electrons. The first-order valence-electron chi connectivity index (χ1n) is 9.47. The lowest BCUT2D eigenvalue weighted by Crippen LogP contribution is -2.46. The number of furan rings is 1. The monoisotopic (exact) mass is 454 g/mol. The van der Waals surface area contributed by atoms with Crippen molar-refractivity contribution in [3.05, 3.63) is 116 Å². The predicted molar refractivity (Wildman–Crippen MR) is 114 cm³/mol. The van der Waals surface area contributed by atoms with Gasteiger partial charge in [0, 0.05) is 5.02 Å². The highest BCUT2D eigenvalue weighted by atomic mass is 35.5. The quantitative estimate of drug-likeness (QED) is 0.483. The van der Waals surface area contributed by atoms with Gasteiger partial charge >= 0.3 is 5.69 Å². The second kappa shape index (κ2) is 9.03. The molecule has 0 aliphatic heterocycles. The van der Waals surface area contributed by atoms with Gasteiger partial charge in [-0.05, 0) is 54.1 Å². The third kappa shape index (κ3) is 4.52. The number of hydrogen-bond donors (Lipinski definition) is 1. The molecule has 1 amide bonds. The van der Waals surface area contributed by atoms with E-state index in [-0.39, 0.29) is 18.8 Å². The second-order valence-corrected chi connectivity index (χ2v) is 7.24. The van der Waals surface area contributed by atoms with Crippen molar-refractivity contribution in [3.8, 4) is 5.69 Å². The van der Waals surface area contributed by atoms with Crippen molar-refractivity contribution >= 4 is 17.5 Å². The lowest BCUT2D eigenvalue weighted by Gasteiger charge is -2.12. The summed E-state index contributed by atoms with van der Waals surface area (Å²) < 4.78 is 20.3. The van der Waals surface area contributed by atoms with E-state index in [1.807, 2.05) is 0 Å². The van der Waals surface area contributed by atoms with Crippen LogP contribution in [0, 0.1) is 5.82 Å². The first kappa shape index (κ1) is 21.3. The van der Waals surface area contributed by atoms with Crippen molar-refractivity contribution in [3.63, 3.8) is 0 Å². The van der Waals surface area contributed by atoms with Gasteiger partial charge < -0.3 is 9.73 Å². The van der Waals surface area contributed by atoms with Crippen LogP contribution in [0.1, 0.15) is 21.8 Å². The molecule has 8 nitrogen and oxygen atoms in total. The van der Waals surface area contributed by atoms with E-state index in [0.717, 1.165) is 21.4 Å². The Morgan fingerprint density at radius 3 is 2.56 bits per heavy atom. The van der Waals surface area contributed by atoms with Crippen molar-refractivity contribution in [1.82, 2.24) is 19.7 Å². The van der Waals surface area contributed by atoms with E-state index < -0.39 is 28.7 Å². The summed E-state index contributed by atoms with van der Waals surface area (Å²) in [5.41, 5.74) is -1.39. The Kier molecular flexibility index (Phi) is 6.00. The SMILES string of the molecule is O=C(NCc1ccco1)c1nn(-c2ccc(F)cc2)c(=O)n(Cc2cccc(Cl)c2)c1=O. The molecule has 0 aliphatic carbocycles. The number of aromatic nitrogens is 3.